The van der Waals surface area contributed by atoms with Gasteiger partial charge in [0.25, 0.3) is 0 Å². The average molecular weight is 381 g/mol. The third-order valence-corrected chi connectivity index (χ3v) is 4.67. The third kappa shape index (κ3) is 3.72. The molecule has 120 valence electrons. The molecule has 4 nitrogen and oxygen atoms in total. The topological polar surface area (TPSA) is 54.5 Å². The molecule has 24 heavy (non-hydrogen) atoms. The van der Waals surface area contributed by atoms with Crippen LogP contribution in [0.5, 0.6) is 0 Å². The summed E-state index contributed by atoms with van der Waals surface area (Å²) in [6, 6.07) is 20.8. The Balaban J connectivity index is 1.94. The van der Waals surface area contributed by atoms with E-state index in [4.69, 9.17) is 0 Å². The summed E-state index contributed by atoms with van der Waals surface area (Å²) in [7, 11) is 0. The Bertz CT molecular complexity index is 824. The van der Waals surface area contributed by atoms with Gasteiger partial charge in [-0.1, -0.05) is 58.4 Å². The molecule has 0 spiro atoms. The van der Waals surface area contributed by atoms with Crippen molar-refractivity contribution < 1.29 is 0 Å². The van der Waals surface area contributed by atoms with Crippen molar-refractivity contribution in [2.45, 2.75) is 24.8 Å². The zero-order valence-electron chi connectivity index (χ0n) is 13.1. The van der Waals surface area contributed by atoms with Crippen LogP contribution in [-0.2, 0) is 18.4 Å². The van der Waals surface area contributed by atoms with E-state index in [1.54, 1.807) is 11.0 Å². The van der Waals surface area contributed by atoms with Gasteiger partial charge in [0.1, 0.15) is 18.1 Å². The van der Waals surface area contributed by atoms with Crippen LogP contribution in [0.25, 0.3) is 0 Å². The van der Waals surface area contributed by atoms with Crippen molar-refractivity contribution >= 4 is 15.9 Å². The number of halogens is 1. The zero-order valence-corrected chi connectivity index (χ0v) is 14.7. The lowest BCUT2D eigenvalue weighted by atomic mass is 9.77. The van der Waals surface area contributed by atoms with Gasteiger partial charge in [-0.25, -0.2) is 4.98 Å². The quantitative estimate of drug-likeness (QED) is 0.645. The second kappa shape index (κ2) is 7.41. The lowest BCUT2D eigenvalue weighted by Gasteiger charge is -2.27. The van der Waals surface area contributed by atoms with Crippen molar-refractivity contribution in [1.29, 1.82) is 5.26 Å². The molecule has 0 N–H and O–H groups in total. The fourth-order valence-electron chi connectivity index (χ4n) is 2.85. The Kier molecular flexibility index (Phi) is 5.07. The van der Waals surface area contributed by atoms with E-state index in [2.05, 4.69) is 44.2 Å². The molecule has 0 saturated carbocycles. The molecule has 1 atom stereocenters. The van der Waals surface area contributed by atoms with Crippen molar-refractivity contribution in [1.82, 2.24) is 14.8 Å². The van der Waals surface area contributed by atoms with Gasteiger partial charge in [-0.3, -0.25) is 4.68 Å². The Hall–Kier alpha value is -2.45. The van der Waals surface area contributed by atoms with Gasteiger partial charge in [-0.05, 0) is 36.1 Å². The molecule has 0 aliphatic heterocycles. The molecule has 0 amide bonds. The van der Waals surface area contributed by atoms with Gasteiger partial charge in [-0.2, -0.15) is 10.4 Å². The molecular formula is C19H17BrN4. The number of hydrogen-bond donors (Lipinski definition) is 0. The largest absolute Gasteiger partial charge is 0.251 e. The first-order valence-electron chi connectivity index (χ1n) is 7.75. The number of aryl methyl sites for hydroxylation is 1. The van der Waals surface area contributed by atoms with Crippen LogP contribution >= 0.6 is 15.9 Å². The van der Waals surface area contributed by atoms with Gasteiger partial charge in [0, 0.05) is 4.47 Å². The van der Waals surface area contributed by atoms with Crippen LogP contribution in [0.1, 0.15) is 17.5 Å². The first kappa shape index (κ1) is 16.4. The first-order chi connectivity index (χ1) is 11.7. The van der Waals surface area contributed by atoms with Gasteiger partial charge in [0.2, 0.25) is 0 Å². The van der Waals surface area contributed by atoms with Crippen molar-refractivity contribution in [3.63, 3.8) is 0 Å². The molecule has 1 heterocycles. The molecule has 0 radical (unpaired) electrons. The number of benzene rings is 2. The van der Waals surface area contributed by atoms with Gasteiger partial charge in [0.05, 0.1) is 12.6 Å². The van der Waals surface area contributed by atoms with Gasteiger partial charge < -0.3 is 0 Å². The van der Waals surface area contributed by atoms with Gasteiger partial charge in [0.15, 0.2) is 0 Å². The number of hydrogen-bond acceptors (Lipinski definition) is 3. The highest BCUT2D eigenvalue weighted by Gasteiger charge is 2.33. The highest BCUT2D eigenvalue weighted by atomic mass is 79.9. The van der Waals surface area contributed by atoms with Gasteiger partial charge >= 0.3 is 0 Å². The summed E-state index contributed by atoms with van der Waals surface area (Å²) in [5.41, 5.74) is 1.56. The number of rotatable bonds is 6. The van der Waals surface area contributed by atoms with E-state index in [1.165, 1.54) is 11.9 Å². The zero-order chi connectivity index (χ0) is 16.8. The summed E-state index contributed by atoms with van der Waals surface area (Å²) in [4.78, 5) is 4.00. The molecule has 0 saturated heterocycles. The van der Waals surface area contributed by atoms with Crippen LogP contribution < -0.4 is 0 Å². The minimum atomic E-state index is -0.659. The van der Waals surface area contributed by atoms with E-state index in [0.717, 1.165) is 16.5 Å². The SMILES string of the molecule is N#CC(CCc1ccccc1)(Cn1cncn1)c1cccc(Br)c1. The predicted molar refractivity (Wildman–Crippen MR) is 96.2 cm³/mol. The maximum Gasteiger partial charge on any atom is 0.137 e. The fraction of sp³-hybridized carbons (Fsp3) is 0.211. The molecule has 1 unspecified atom stereocenters. The summed E-state index contributed by atoms with van der Waals surface area (Å²) in [5.74, 6) is 0. The number of aromatic nitrogens is 3. The van der Waals surface area contributed by atoms with Crippen LogP contribution in [0.2, 0.25) is 0 Å². The molecule has 1 aromatic heterocycles. The van der Waals surface area contributed by atoms with Crippen LogP contribution in [0, 0.1) is 11.3 Å². The Morgan fingerprint density at radius 1 is 1.12 bits per heavy atom. The summed E-state index contributed by atoms with van der Waals surface area (Å²) < 4.78 is 2.70. The summed E-state index contributed by atoms with van der Waals surface area (Å²) >= 11 is 3.51. The summed E-state index contributed by atoms with van der Waals surface area (Å²) in [6.45, 7) is 0.479. The van der Waals surface area contributed by atoms with Gasteiger partial charge in [-0.15, -0.1) is 0 Å². The molecule has 5 heteroatoms. The number of nitriles is 1. The minimum absolute atomic E-state index is 0.479. The maximum atomic E-state index is 10.1. The summed E-state index contributed by atoms with van der Waals surface area (Å²) in [6.07, 6.45) is 4.70. The smallest absolute Gasteiger partial charge is 0.137 e. The van der Waals surface area contributed by atoms with Crippen LogP contribution in [0.4, 0.5) is 0 Å². The molecule has 2 aromatic carbocycles. The van der Waals surface area contributed by atoms with E-state index >= 15 is 0 Å². The minimum Gasteiger partial charge on any atom is -0.251 e. The average Bonchev–Trinajstić information content (AvgIpc) is 3.12. The number of nitrogens with zero attached hydrogens (tertiary/aromatic N) is 4. The first-order valence-corrected chi connectivity index (χ1v) is 8.55. The second-order valence-electron chi connectivity index (χ2n) is 5.78. The Morgan fingerprint density at radius 2 is 1.96 bits per heavy atom. The predicted octanol–water partition coefficient (Wildman–Crippen LogP) is 4.13. The Morgan fingerprint density at radius 3 is 2.62 bits per heavy atom. The lowest BCUT2D eigenvalue weighted by molar-refractivity contribution is 0.401. The standard InChI is InChI=1S/C19H17BrN4/c20-18-8-4-7-17(11-18)19(12-21,13-24-15-22-14-23-24)10-9-16-5-2-1-3-6-16/h1-8,11,14-15H,9-10,13H2. The molecule has 0 bridgehead atoms. The third-order valence-electron chi connectivity index (χ3n) is 4.17. The fourth-order valence-corrected chi connectivity index (χ4v) is 3.25. The molecule has 0 aliphatic carbocycles. The second-order valence-corrected chi connectivity index (χ2v) is 6.70. The molecular weight excluding hydrogens is 364 g/mol. The van der Waals surface area contributed by atoms with Crippen molar-refractivity contribution in [2.75, 3.05) is 0 Å². The molecule has 3 rings (SSSR count). The Labute approximate surface area is 149 Å². The monoisotopic (exact) mass is 380 g/mol. The van der Waals surface area contributed by atoms with E-state index in [-0.39, 0.29) is 0 Å². The summed E-state index contributed by atoms with van der Waals surface area (Å²) in [5, 5.41) is 14.3. The highest BCUT2D eigenvalue weighted by molar-refractivity contribution is 9.10. The normalized spacial score (nSPS) is 13.2. The molecule has 0 fully saturated rings. The van der Waals surface area contributed by atoms with Crippen molar-refractivity contribution in [3.05, 3.63) is 82.9 Å². The molecule has 3 aromatic rings. The van der Waals surface area contributed by atoms with Crippen molar-refractivity contribution in [3.8, 4) is 6.07 Å². The maximum absolute atomic E-state index is 10.1. The van der Waals surface area contributed by atoms with Crippen LogP contribution in [-0.4, -0.2) is 14.8 Å². The van der Waals surface area contributed by atoms with E-state index in [9.17, 15) is 5.26 Å². The van der Waals surface area contributed by atoms with E-state index in [0.29, 0.717) is 13.0 Å². The lowest BCUT2D eigenvalue weighted by Crippen LogP contribution is -2.31. The molecule has 0 aliphatic rings. The highest BCUT2D eigenvalue weighted by Crippen LogP contribution is 2.32. The van der Waals surface area contributed by atoms with E-state index < -0.39 is 5.41 Å². The van der Waals surface area contributed by atoms with Crippen molar-refractivity contribution in [2.24, 2.45) is 0 Å². The van der Waals surface area contributed by atoms with Crippen LogP contribution in [0.15, 0.2) is 71.7 Å². The van der Waals surface area contributed by atoms with E-state index in [1.807, 2.05) is 42.5 Å². The van der Waals surface area contributed by atoms with Crippen LogP contribution in [0.3, 0.4) is 0 Å².